The molecule has 0 heterocycles. The van der Waals surface area contributed by atoms with Crippen LogP contribution in [0.3, 0.4) is 0 Å². The van der Waals surface area contributed by atoms with Crippen molar-refractivity contribution < 1.29 is 9.59 Å². The Bertz CT molecular complexity index is 230. The lowest BCUT2D eigenvalue weighted by Gasteiger charge is -2.23. The summed E-state index contributed by atoms with van der Waals surface area (Å²) < 4.78 is 0. The highest BCUT2D eigenvalue weighted by molar-refractivity contribution is 5.85. The predicted molar refractivity (Wildman–Crippen MR) is 71.4 cm³/mol. The van der Waals surface area contributed by atoms with E-state index in [4.69, 9.17) is 5.73 Å². The van der Waals surface area contributed by atoms with Gasteiger partial charge in [0.25, 0.3) is 0 Å². The van der Waals surface area contributed by atoms with Gasteiger partial charge in [-0.2, -0.15) is 0 Å². The monoisotopic (exact) mass is 242 g/mol. The first-order valence-electron chi connectivity index (χ1n) is 6.25. The number of carbonyl (C=O) groups is 2. The average Bonchev–Trinajstić information content (AvgIpc) is 2.27. The van der Waals surface area contributed by atoms with Crippen LogP contribution >= 0.6 is 0 Å². The first-order chi connectivity index (χ1) is 8.11. The second-order valence-electron chi connectivity index (χ2n) is 3.48. The van der Waals surface area contributed by atoms with E-state index < -0.39 is 5.91 Å². The minimum Gasteiger partial charge on any atom is -0.368 e. The molecule has 2 amide bonds. The third-order valence-corrected chi connectivity index (χ3v) is 2.25. The Morgan fingerprint density at radius 1 is 1.24 bits per heavy atom. The average molecular weight is 242 g/mol. The minimum atomic E-state index is -0.488. The van der Waals surface area contributed by atoms with Crippen LogP contribution in [0.1, 0.15) is 47.0 Å². The van der Waals surface area contributed by atoms with Crippen molar-refractivity contribution in [3.05, 3.63) is 12.2 Å². The van der Waals surface area contributed by atoms with Crippen LogP contribution in [0.4, 0.5) is 0 Å². The van der Waals surface area contributed by atoms with Gasteiger partial charge < -0.3 is 11.1 Å². The maximum atomic E-state index is 11.0. The zero-order chi connectivity index (χ0) is 13.7. The van der Waals surface area contributed by atoms with Gasteiger partial charge in [0.15, 0.2) is 0 Å². The molecule has 17 heavy (non-hydrogen) atoms. The number of nitrogens with one attached hydrogen (secondary N) is 1. The number of hydrogen-bond acceptors (Lipinski definition) is 2. The van der Waals surface area contributed by atoms with E-state index >= 15 is 0 Å². The molecule has 0 aliphatic heterocycles. The van der Waals surface area contributed by atoms with Crippen LogP contribution in [0, 0.1) is 5.92 Å². The largest absolute Gasteiger partial charge is 0.368 e. The van der Waals surface area contributed by atoms with Crippen LogP contribution in [0.5, 0.6) is 0 Å². The van der Waals surface area contributed by atoms with Crippen LogP contribution in [0.25, 0.3) is 0 Å². The highest BCUT2D eigenvalue weighted by atomic mass is 16.2. The normalized spacial score (nSPS) is 13.6. The standard InChI is InChI=1S/C7H12N2O2.C4H8.C2H6/c8-6(10)4-9-7(11)5-2-1-3-5;1-3-4-2;1-2/h5H,1-4H2,(H2,8,10)(H,9,11);3-4H,1-2H3;1-2H3/b;4-3-;. The second-order valence-corrected chi connectivity index (χ2v) is 3.48. The molecule has 0 saturated heterocycles. The van der Waals surface area contributed by atoms with E-state index in [0.29, 0.717) is 0 Å². The fraction of sp³-hybridized carbons (Fsp3) is 0.692. The van der Waals surface area contributed by atoms with Gasteiger partial charge in [-0.15, -0.1) is 0 Å². The van der Waals surface area contributed by atoms with Crippen molar-refractivity contribution in [3.8, 4) is 0 Å². The number of hydrogen-bond donors (Lipinski definition) is 2. The van der Waals surface area contributed by atoms with Gasteiger partial charge in [0.2, 0.25) is 11.8 Å². The SMILES string of the molecule is C/C=C\C.CC.NC(=O)CNC(=O)C1CCC1. The molecular formula is C13H26N2O2. The van der Waals surface area contributed by atoms with Crippen molar-refractivity contribution in [1.29, 1.82) is 0 Å². The van der Waals surface area contributed by atoms with Gasteiger partial charge in [-0.1, -0.05) is 32.4 Å². The Balaban J connectivity index is 0. The first-order valence-corrected chi connectivity index (χ1v) is 6.25. The number of rotatable bonds is 3. The van der Waals surface area contributed by atoms with Crippen molar-refractivity contribution in [2.45, 2.75) is 47.0 Å². The number of carbonyl (C=O) groups excluding carboxylic acids is 2. The molecule has 1 fully saturated rings. The molecule has 0 aromatic heterocycles. The first kappa shape index (κ1) is 18.1. The van der Waals surface area contributed by atoms with Crippen molar-refractivity contribution in [3.63, 3.8) is 0 Å². The van der Waals surface area contributed by atoms with Crippen molar-refractivity contribution in [2.24, 2.45) is 11.7 Å². The van der Waals surface area contributed by atoms with Crippen LogP contribution < -0.4 is 11.1 Å². The number of nitrogens with two attached hydrogens (primary N) is 1. The summed E-state index contributed by atoms with van der Waals surface area (Å²) in [6.45, 7) is 7.97. The number of primary amides is 1. The summed E-state index contributed by atoms with van der Waals surface area (Å²) in [4.78, 5) is 21.3. The molecule has 0 aromatic carbocycles. The summed E-state index contributed by atoms with van der Waals surface area (Å²) in [7, 11) is 0. The Morgan fingerprint density at radius 3 is 1.94 bits per heavy atom. The number of allylic oxidation sites excluding steroid dienone is 2. The molecule has 0 spiro atoms. The van der Waals surface area contributed by atoms with Gasteiger partial charge in [0.05, 0.1) is 6.54 Å². The van der Waals surface area contributed by atoms with Crippen LogP contribution in [-0.4, -0.2) is 18.4 Å². The smallest absolute Gasteiger partial charge is 0.236 e. The van der Waals surface area contributed by atoms with E-state index in [0.717, 1.165) is 19.3 Å². The maximum Gasteiger partial charge on any atom is 0.236 e. The van der Waals surface area contributed by atoms with E-state index in [1.165, 1.54) is 0 Å². The van der Waals surface area contributed by atoms with E-state index in [1.807, 2.05) is 39.8 Å². The van der Waals surface area contributed by atoms with Crippen LogP contribution in [0.2, 0.25) is 0 Å². The Labute approximate surface area is 105 Å². The third kappa shape index (κ3) is 11.0. The van der Waals surface area contributed by atoms with Gasteiger partial charge in [0, 0.05) is 5.92 Å². The van der Waals surface area contributed by atoms with Crippen molar-refractivity contribution in [2.75, 3.05) is 6.54 Å². The van der Waals surface area contributed by atoms with Gasteiger partial charge in [-0.05, 0) is 26.7 Å². The molecule has 1 saturated carbocycles. The second kappa shape index (κ2) is 12.7. The van der Waals surface area contributed by atoms with E-state index in [2.05, 4.69) is 5.32 Å². The van der Waals surface area contributed by atoms with Crippen molar-refractivity contribution in [1.82, 2.24) is 5.32 Å². The molecule has 0 atom stereocenters. The van der Waals surface area contributed by atoms with E-state index in [-0.39, 0.29) is 18.4 Å². The summed E-state index contributed by atoms with van der Waals surface area (Å²) in [6.07, 6.45) is 7.02. The van der Waals surface area contributed by atoms with Gasteiger partial charge >= 0.3 is 0 Å². The highest BCUT2D eigenvalue weighted by Gasteiger charge is 2.24. The Kier molecular flexibility index (Phi) is 13.5. The van der Waals surface area contributed by atoms with Crippen LogP contribution in [-0.2, 0) is 9.59 Å². The highest BCUT2D eigenvalue weighted by Crippen LogP contribution is 2.25. The molecule has 3 N–H and O–H groups in total. The maximum absolute atomic E-state index is 11.0. The lowest BCUT2D eigenvalue weighted by atomic mass is 9.85. The van der Waals surface area contributed by atoms with Crippen LogP contribution in [0.15, 0.2) is 12.2 Å². The summed E-state index contributed by atoms with van der Waals surface area (Å²) in [6, 6.07) is 0. The molecule has 0 aromatic rings. The zero-order valence-corrected chi connectivity index (χ0v) is 11.5. The lowest BCUT2D eigenvalue weighted by molar-refractivity contribution is -0.129. The molecule has 1 rings (SSSR count). The Morgan fingerprint density at radius 2 is 1.71 bits per heavy atom. The summed E-state index contributed by atoms with van der Waals surface area (Å²) >= 11 is 0. The summed E-state index contributed by atoms with van der Waals surface area (Å²) in [5.41, 5.74) is 4.85. The molecule has 1 aliphatic rings. The topological polar surface area (TPSA) is 72.2 Å². The molecule has 100 valence electrons. The third-order valence-electron chi connectivity index (χ3n) is 2.25. The van der Waals surface area contributed by atoms with E-state index in [1.54, 1.807) is 0 Å². The molecule has 0 bridgehead atoms. The minimum absolute atomic E-state index is 0.0324. The molecule has 4 nitrogen and oxygen atoms in total. The number of amides is 2. The predicted octanol–water partition coefficient (Wildman–Crippen LogP) is 2.00. The lowest BCUT2D eigenvalue weighted by Crippen LogP contribution is -2.39. The Hall–Kier alpha value is -1.32. The fourth-order valence-electron chi connectivity index (χ4n) is 0.989. The zero-order valence-electron chi connectivity index (χ0n) is 11.5. The fourth-order valence-corrected chi connectivity index (χ4v) is 0.989. The van der Waals surface area contributed by atoms with Gasteiger partial charge in [0.1, 0.15) is 0 Å². The molecule has 4 heteroatoms. The van der Waals surface area contributed by atoms with Gasteiger partial charge in [-0.25, -0.2) is 0 Å². The summed E-state index contributed by atoms with van der Waals surface area (Å²) in [5.74, 6) is -0.387. The quantitative estimate of drug-likeness (QED) is 0.743. The molecule has 0 unspecified atom stereocenters. The molecule has 0 radical (unpaired) electrons. The summed E-state index contributed by atoms with van der Waals surface area (Å²) in [5, 5.41) is 2.47. The van der Waals surface area contributed by atoms with E-state index in [9.17, 15) is 9.59 Å². The molecule has 1 aliphatic carbocycles. The van der Waals surface area contributed by atoms with Crippen molar-refractivity contribution >= 4 is 11.8 Å². The molecular weight excluding hydrogens is 216 g/mol. The van der Waals surface area contributed by atoms with Gasteiger partial charge in [-0.3, -0.25) is 9.59 Å².